The molecule has 5 heteroatoms. The predicted octanol–water partition coefficient (Wildman–Crippen LogP) is 0.644. The molecular weight excluding hydrogens is 246 g/mol. The lowest BCUT2D eigenvalue weighted by molar-refractivity contribution is -0.147. The van der Waals surface area contributed by atoms with Crippen molar-refractivity contribution in [3.8, 4) is 0 Å². The zero-order chi connectivity index (χ0) is 14.0. The first kappa shape index (κ1) is 14.1. The summed E-state index contributed by atoms with van der Waals surface area (Å²) in [4.78, 5) is 23.5. The van der Waals surface area contributed by atoms with E-state index in [9.17, 15) is 14.7 Å². The van der Waals surface area contributed by atoms with Crippen LogP contribution in [-0.2, 0) is 9.59 Å². The van der Waals surface area contributed by atoms with Crippen molar-refractivity contribution in [2.75, 3.05) is 13.2 Å². The third-order valence-corrected chi connectivity index (χ3v) is 4.29. The minimum Gasteiger partial charge on any atom is -0.481 e. The van der Waals surface area contributed by atoms with Crippen molar-refractivity contribution >= 4 is 11.9 Å². The van der Waals surface area contributed by atoms with Gasteiger partial charge < -0.3 is 15.5 Å². The van der Waals surface area contributed by atoms with E-state index >= 15 is 0 Å². The van der Waals surface area contributed by atoms with Crippen molar-refractivity contribution in [1.82, 2.24) is 5.32 Å². The maximum Gasteiger partial charge on any atom is 0.307 e. The maximum atomic E-state index is 12.2. The number of fused-ring (bicyclic) bond motifs is 2. The van der Waals surface area contributed by atoms with E-state index in [2.05, 4.69) is 5.32 Å². The molecule has 3 N–H and O–H groups in total. The number of aliphatic hydroxyl groups is 1. The highest BCUT2D eigenvalue weighted by Crippen LogP contribution is 2.48. The lowest BCUT2D eigenvalue weighted by Gasteiger charge is -2.24. The summed E-state index contributed by atoms with van der Waals surface area (Å²) in [5, 5.41) is 20.9. The van der Waals surface area contributed by atoms with Crippen LogP contribution in [0.15, 0.2) is 12.2 Å². The predicted molar refractivity (Wildman–Crippen MR) is 69.2 cm³/mol. The number of hydrogen-bond donors (Lipinski definition) is 3. The fourth-order valence-corrected chi connectivity index (χ4v) is 3.23. The molecule has 5 nitrogen and oxygen atoms in total. The van der Waals surface area contributed by atoms with Crippen LogP contribution in [0.25, 0.3) is 0 Å². The van der Waals surface area contributed by atoms with E-state index in [1.165, 1.54) is 0 Å². The number of amides is 1. The second-order valence-corrected chi connectivity index (χ2v) is 5.70. The first-order valence-electron chi connectivity index (χ1n) is 6.84. The number of carboxylic acid groups (broad SMARTS) is 1. The van der Waals surface area contributed by atoms with Crippen molar-refractivity contribution < 1.29 is 19.8 Å². The minimum atomic E-state index is -0.875. The summed E-state index contributed by atoms with van der Waals surface area (Å²) in [5.74, 6) is -1.77. The number of hydrogen-bond acceptors (Lipinski definition) is 3. The van der Waals surface area contributed by atoms with Crippen LogP contribution in [0.4, 0.5) is 0 Å². The molecule has 2 rings (SSSR count). The highest BCUT2D eigenvalue weighted by atomic mass is 16.4. The Hall–Kier alpha value is -1.36. The number of carbonyl (C=O) groups excluding carboxylic acids is 1. The Morgan fingerprint density at radius 2 is 1.95 bits per heavy atom. The number of carboxylic acids is 1. The molecule has 19 heavy (non-hydrogen) atoms. The van der Waals surface area contributed by atoms with Gasteiger partial charge in [-0.2, -0.15) is 0 Å². The molecule has 106 valence electrons. The van der Waals surface area contributed by atoms with Gasteiger partial charge in [0.25, 0.3) is 0 Å². The Labute approximate surface area is 112 Å². The smallest absolute Gasteiger partial charge is 0.307 e. The van der Waals surface area contributed by atoms with Crippen molar-refractivity contribution in [2.24, 2.45) is 29.6 Å². The number of aliphatic carboxylic acids is 1. The molecule has 0 spiro atoms. The van der Waals surface area contributed by atoms with Gasteiger partial charge in [-0.15, -0.1) is 0 Å². The first-order valence-corrected chi connectivity index (χ1v) is 6.84. The van der Waals surface area contributed by atoms with Gasteiger partial charge in [0, 0.05) is 13.2 Å². The van der Waals surface area contributed by atoms with E-state index in [4.69, 9.17) is 5.11 Å². The van der Waals surface area contributed by atoms with Gasteiger partial charge in [-0.1, -0.05) is 19.1 Å². The third kappa shape index (κ3) is 2.81. The van der Waals surface area contributed by atoms with Gasteiger partial charge in [-0.05, 0) is 30.6 Å². The van der Waals surface area contributed by atoms with Crippen molar-refractivity contribution in [1.29, 1.82) is 0 Å². The van der Waals surface area contributed by atoms with E-state index in [0.717, 1.165) is 6.42 Å². The van der Waals surface area contributed by atoms with Crippen LogP contribution in [0, 0.1) is 29.6 Å². The van der Waals surface area contributed by atoms with E-state index in [-0.39, 0.29) is 30.3 Å². The Kier molecular flexibility index (Phi) is 4.24. The Bertz CT molecular complexity index is 393. The Morgan fingerprint density at radius 3 is 2.53 bits per heavy atom. The van der Waals surface area contributed by atoms with Crippen molar-refractivity contribution in [3.63, 3.8) is 0 Å². The van der Waals surface area contributed by atoms with Crippen LogP contribution in [0.5, 0.6) is 0 Å². The molecule has 2 aliphatic rings. The van der Waals surface area contributed by atoms with Gasteiger partial charge in [-0.3, -0.25) is 9.59 Å². The van der Waals surface area contributed by atoms with Gasteiger partial charge >= 0.3 is 5.97 Å². The number of aliphatic hydroxyl groups excluding tert-OH is 1. The number of rotatable bonds is 6. The zero-order valence-corrected chi connectivity index (χ0v) is 11.1. The van der Waals surface area contributed by atoms with Crippen LogP contribution < -0.4 is 5.32 Å². The lowest BCUT2D eigenvalue weighted by atomic mass is 9.82. The fourth-order valence-electron chi connectivity index (χ4n) is 3.23. The Balaban J connectivity index is 1.95. The van der Waals surface area contributed by atoms with Gasteiger partial charge in [0.15, 0.2) is 0 Å². The Morgan fingerprint density at radius 1 is 1.32 bits per heavy atom. The van der Waals surface area contributed by atoms with E-state index in [0.29, 0.717) is 13.0 Å². The molecule has 0 aromatic rings. The average molecular weight is 267 g/mol. The van der Waals surface area contributed by atoms with Crippen molar-refractivity contribution in [2.45, 2.75) is 19.8 Å². The molecule has 1 fully saturated rings. The van der Waals surface area contributed by atoms with Gasteiger partial charge in [-0.25, -0.2) is 0 Å². The summed E-state index contributed by atoms with van der Waals surface area (Å²) in [5.41, 5.74) is 0. The molecular formula is C14H21NO4. The van der Waals surface area contributed by atoms with Gasteiger partial charge in [0.2, 0.25) is 5.91 Å². The lowest BCUT2D eigenvalue weighted by Crippen LogP contribution is -2.41. The zero-order valence-electron chi connectivity index (χ0n) is 11.1. The summed E-state index contributed by atoms with van der Waals surface area (Å²) < 4.78 is 0. The summed E-state index contributed by atoms with van der Waals surface area (Å²) >= 11 is 0. The molecule has 5 unspecified atom stereocenters. The molecule has 0 aromatic carbocycles. The van der Waals surface area contributed by atoms with Crippen LogP contribution in [0.1, 0.15) is 19.8 Å². The average Bonchev–Trinajstić information content (AvgIpc) is 2.96. The highest BCUT2D eigenvalue weighted by molar-refractivity contribution is 5.86. The number of nitrogens with one attached hydrogen (secondary N) is 1. The molecule has 1 amide bonds. The SMILES string of the molecule is CC(CCO)CNC(=O)C1C2C=CC(C2)C1C(=O)O. The maximum absolute atomic E-state index is 12.2. The highest BCUT2D eigenvalue weighted by Gasteiger charge is 2.51. The van der Waals surface area contributed by atoms with Gasteiger partial charge in [0.1, 0.15) is 0 Å². The topological polar surface area (TPSA) is 86.6 Å². The molecule has 0 heterocycles. The summed E-state index contributed by atoms with van der Waals surface area (Å²) in [6.07, 6.45) is 5.33. The van der Waals surface area contributed by atoms with Crippen LogP contribution in [-0.4, -0.2) is 35.2 Å². The molecule has 1 saturated carbocycles. The number of allylic oxidation sites excluding steroid dienone is 2. The van der Waals surface area contributed by atoms with Crippen LogP contribution >= 0.6 is 0 Å². The van der Waals surface area contributed by atoms with E-state index < -0.39 is 17.8 Å². The second kappa shape index (κ2) is 5.74. The molecule has 5 atom stereocenters. The standard InChI is InChI=1S/C14H21NO4/c1-8(4-5-16)7-15-13(17)11-9-2-3-10(6-9)12(11)14(18)19/h2-3,8-12,16H,4-7H2,1H3,(H,15,17)(H,18,19). The number of carbonyl (C=O) groups is 2. The summed E-state index contributed by atoms with van der Waals surface area (Å²) in [7, 11) is 0. The summed E-state index contributed by atoms with van der Waals surface area (Å²) in [6.45, 7) is 2.54. The first-order chi connectivity index (χ1) is 9.04. The fraction of sp³-hybridized carbons (Fsp3) is 0.714. The summed E-state index contributed by atoms with van der Waals surface area (Å²) in [6, 6.07) is 0. The molecule has 2 bridgehead atoms. The van der Waals surface area contributed by atoms with Crippen LogP contribution in [0.2, 0.25) is 0 Å². The second-order valence-electron chi connectivity index (χ2n) is 5.70. The molecule has 0 aliphatic heterocycles. The largest absolute Gasteiger partial charge is 0.481 e. The van der Waals surface area contributed by atoms with E-state index in [1.54, 1.807) is 0 Å². The van der Waals surface area contributed by atoms with Gasteiger partial charge in [0.05, 0.1) is 11.8 Å². The molecule has 0 radical (unpaired) electrons. The molecule has 0 aromatic heterocycles. The van der Waals surface area contributed by atoms with Crippen molar-refractivity contribution in [3.05, 3.63) is 12.2 Å². The van der Waals surface area contributed by atoms with E-state index in [1.807, 2.05) is 19.1 Å². The third-order valence-electron chi connectivity index (χ3n) is 4.29. The molecule has 2 aliphatic carbocycles. The normalized spacial score (nSPS) is 33.4. The minimum absolute atomic E-state index is 0.00751. The molecule has 0 saturated heterocycles. The van der Waals surface area contributed by atoms with Crippen LogP contribution in [0.3, 0.4) is 0 Å². The quantitative estimate of drug-likeness (QED) is 0.616. The monoisotopic (exact) mass is 267 g/mol.